The van der Waals surface area contributed by atoms with E-state index in [9.17, 15) is 18.4 Å². The molecule has 2 heterocycles. The van der Waals surface area contributed by atoms with Crippen LogP contribution < -0.4 is 0 Å². The van der Waals surface area contributed by atoms with Gasteiger partial charge < -0.3 is 9.80 Å². The van der Waals surface area contributed by atoms with E-state index in [-0.39, 0.29) is 50.2 Å². The fourth-order valence-corrected chi connectivity index (χ4v) is 3.22. The molecule has 0 spiro atoms. The van der Waals surface area contributed by atoms with Crippen LogP contribution in [0.5, 0.6) is 0 Å². The summed E-state index contributed by atoms with van der Waals surface area (Å²) < 4.78 is 26.3. The fourth-order valence-electron chi connectivity index (χ4n) is 3.22. The number of piperidine rings is 1. The molecule has 1 aromatic rings. The zero-order chi connectivity index (χ0) is 16.4. The molecule has 0 aliphatic carbocycles. The van der Waals surface area contributed by atoms with Gasteiger partial charge in [0.1, 0.15) is 0 Å². The van der Waals surface area contributed by atoms with Gasteiger partial charge in [-0.1, -0.05) is 30.3 Å². The summed E-state index contributed by atoms with van der Waals surface area (Å²) in [5.41, 5.74) is 1.09. The highest BCUT2D eigenvalue weighted by Crippen LogP contribution is 2.29. The number of benzene rings is 1. The normalized spacial score (nSPS) is 24.1. The minimum atomic E-state index is -2.67. The Morgan fingerprint density at radius 3 is 2.48 bits per heavy atom. The van der Waals surface area contributed by atoms with Crippen LogP contribution in [0.25, 0.3) is 0 Å². The van der Waals surface area contributed by atoms with E-state index in [1.165, 1.54) is 4.90 Å². The molecule has 2 amide bonds. The van der Waals surface area contributed by atoms with Crippen molar-refractivity contribution in [1.29, 1.82) is 0 Å². The molecule has 3 rings (SSSR count). The third-order valence-electron chi connectivity index (χ3n) is 4.66. The maximum atomic E-state index is 13.1. The fraction of sp³-hybridized carbons (Fsp3) is 0.529. The van der Waals surface area contributed by atoms with Crippen LogP contribution in [-0.4, -0.2) is 53.7 Å². The summed E-state index contributed by atoms with van der Waals surface area (Å²) in [6.45, 7) is 0.637. The van der Waals surface area contributed by atoms with Gasteiger partial charge in [0.2, 0.25) is 11.8 Å². The molecular formula is C17H20F2N2O2. The van der Waals surface area contributed by atoms with Crippen LogP contribution in [0, 0.1) is 0 Å². The predicted octanol–water partition coefficient (Wildman–Crippen LogP) is 2.26. The molecule has 4 nitrogen and oxygen atoms in total. The van der Waals surface area contributed by atoms with Crippen molar-refractivity contribution < 1.29 is 18.4 Å². The molecule has 6 heteroatoms. The quantitative estimate of drug-likeness (QED) is 0.856. The lowest BCUT2D eigenvalue weighted by Crippen LogP contribution is -2.47. The van der Waals surface area contributed by atoms with E-state index >= 15 is 0 Å². The number of rotatable bonds is 3. The average molecular weight is 322 g/mol. The van der Waals surface area contributed by atoms with E-state index in [2.05, 4.69) is 0 Å². The van der Waals surface area contributed by atoms with Crippen LogP contribution in [0.4, 0.5) is 8.78 Å². The molecule has 0 radical (unpaired) electrons. The molecule has 1 aromatic carbocycles. The van der Waals surface area contributed by atoms with E-state index in [1.54, 1.807) is 4.90 Å². The van der Waals surface area contributed by atoms with Gasteiger partial charge in [-0.2, -0.15) is 0 Å². The lowest BCUT2D eigenvalue weighted by molar-refractivity contribution is -0.142. The Morgan fingerprint density at radius 2 is 1.83 bits per heavy atom. The number of carbonyl (C=O) groups is 2. The Morgan fingerprint density at radius 1 is 1.17 bits per heavy atom. The van der Waals surface area contributed by atoms with Gasteiger partial charge >= 0.3 is 0 Å². The largest absolute Gasteiger partial charge is 0.341 e. The van der Waals surface area contributed by atoms with Gasteiger partial charge in [-0.25, -0.2) is 8.78 Å². The number of hydrogen-bond acceptors (Lipinski definition) is 2. The lowest BCUT2D eigenvalue weighted by Gasteiger charge is -2.32. The molecule has 1 unspecified atom stereocenters. The van der Waals surface area contributed by atoms with Crippen molar-refractivity contribution in [2.24, 2.45) is 0 Å². The predicted molar refractivity (Wildman–Crippen MR) is 81.1 cm³/mol. The minimum Gasteiger partial charge on any atom is -0.341 e. The second kappa shape index (κ2) is 6.26. The van der Waals surface area contributed by atoms with E-state index < -0.39 is 5.92 Å². The first-order valence-electron chi connectivity index (χ1n) is 7.93. The summed E-state index contributed by atoms with van der Waals surface area (Å²) in [5, 5.41) is 0. The molecule has 2 fully saturated rings. The summed E-state index contributed by atoms with van der Waals surface area (Å²) >= 11 is 0. The zero-order valence-electron chi connectivity index (χ0n) is 12.9. The van der Waals surface area contributed by atoms with Gasteiger partial charge in [0.15, 0.2) is 0 Å². The Bertz CT molecular complexity index is 582. The lowest BCUT2D eigenvalue weighted by atomic mass is 9.99. The second-order valence-electron chi connectivity index (χ2n) is 6.32. The summed E-state index contributed by atoms with van der Waals surface area (Å²) in [6.07, 6.45) is -0.186. The third kappa shape index (κ3) is 3.68. The molecule has 2 saturated heterocycles. The van der Waals surface area contributed by atoms with Crippen molar-refractivity contribution in [3.8, 4) is 0 Å². The van der Waals surface area contributed by atoms with Crippen LogP contribution in [0.3, 0.4) is 0 Å². The maximum absolute atomic E-state index is 13.1. The van der Waals surface area contributed by atoms with Gasteiger partial charge in [-0.05, 0) is 5.56 Å². The average Bonchev–Trinajstić information content (AvgIpc) is 2.89. The first kappa shape index (κ1) is 15.9. The topological polar surface area (TPSA) is 40.6 Å². The second-order valence-corrected chi connectivity index (χ2v) is 6.32. The molecule has 124 valence electrons. The van der Waals surface area contributed by atoms with Crippen molar-refractivity contribution in [2.75, 3.05) is 26.2 Å². The van der Waals surface area contributed by atoms with Crippen molar-refractivity contribution in [1.82, 2.24) is 9.80 Å². The van der Waals surface area contributed by atoms with E-state index in [0.29, 0.717) is 13.0 Å². The number of halogens is 2. The molecule has 0 saturated carbocycles. The Labute approximate surface area is 134 Å². The van der Waals surface area contributed by atoms with Gasteiger partial charge in [0, 0.05) is 44.8 Å². The van der Waals surface area contributed by atoms with E-state index in [1.807, 2.05) is 30.3 Å². The molecule has 0 N–H and O–H groups in total. The summed E-state index contributed by atoms with van der Waals surface area (Å²) in [5.74, 6) is -2.85. The number of amides is 2. The van der Waals surface area contributed by atoms with Crippen LogP contribution >= 0.6 is 0 Å². The SMILES string of the molecule is O=C(CN1CC(c2ccccc2)CC1=O)N1CCC(F)(F)CC1. The standard InChI is InChI=1S/C17H20F2N2O2/c18-17(19)6-8-20(9-7-17)16(23)12-21-11-14(10-15(21)22)13-4-2-1-3-5-13/h1-5,14H,6-12H2. The monoisotopic (exact) mass is 322 g/mol. The highest BCUT2D eigenvalue weighted by molar-refractivity contribution is 5.86. The molecule has 2 aliphatic heterocycles. The molecule has 1 atom stereocenters. The number of alkyl halides is 2. The van der Waals surface area contributed by atoms with E-state index in [4.69, 9.17) is 0 Å². The molecule has 2 aliphatic rings. The molecule has 0 aromatic heterocycles. The number of carbonyl (C=O) groups excluding carboxylic acids is 2. The summed E-state index contributed by atoms with van der Waals surface area (Å²) in [4.78, 5) is 27.3. The van der Waals surface area contributed by atoms with Crippen LogP contribution in [0.2, 0.25) is 0 Å². The van der Waals surface area contributed by atoms with Gasteiger partial charge in [0.25, 0.3) is 5.92 Å². The zero-order valence-corrected chi connectivity index (χ0v) is 12.9. The smallest absolute Gasteiger partial charge is 0.251 e. The molecule has 0 bridgehead atoms. The highest BCUT2D eigenvalue weighted by atomic mass is 19.3. The van der Waals surface area contributed by atoms with E-state index in [0.717, 1.165) is 5.56 Å². The van der Waals surface area contributed by atoms with Gasteiger partial charge in [0.05, 0.1) is 6.54 Å². The van der Waals surface area contributed by atoms with Gasteiger partial charge in [-0.3, -0.25) is 9.59 Å². The van der Waals surface area contributed by atoms with Crippen LogP contribution in [-0.2, 0) is 9.59 Å². The van der Waals surface area contributed by atoms with Crippen molar-refractivity contribution in [3.05, 3.63) is 35.9 Å². The summed E-state index contributed by atoms with van der Waals surface area (Å²) in [7, 11) is 0. The minimum absolute atomic E-state index is 0.00621. The first-order chi connectivity index (χ1) is 10.9. The number of nitrogens with zero attached hydrogens (tertiary/aromatic N) is 2. The third-order valence-corrected chi connectivity index (χ3v) is 4.66. The first-order valence-corrected chi connectivity index (χ1v) is 7.93. The highest BCUT2D eigenvalue weighted by Gasteiger charge is 2.37. The van der Waals surface area contributed by atoms with Crippen LogP contribution in [0.15, 0.2) is 30.3 Å². The van der Waals surface area contributed by atoms with Crippen molar-refractivity contribution in [3.63, 3.8) is 0 Å². The van der Waals surface area contributed by atoms with Crippen molar-refractivity contribution >= 4 is 11.8 Å². The Hall–Kier alpha value is -1.98. The molecule has 23 heavy (non-hydrogen) atoms. The van der Waals surface area contributed by atoms with Gasteiger partial charge in [-0.15, -0.1) is 0 Å². The molecular weight excluding hydrogens is 302 g/mol. The number of likely N-dealkylation sites (tertiary alicyclic amines) is 2. The Balaban J connectivity index is 1.56. The van der Waals surface area contributed by atoms with Crippen LogP contribution in [0.1, 0.15) is 30.7 Å². The Kier molecular flexibility index (Phi) is 4.33. The summed E-state index contributed by atoms with van der Waals surface area (Å²) in [6, 6.07) is 9.75. The number of hydrogen-bond donors (Lipinski definition) is 0. The maximum Gasteiger partial charge on any atom is 0.251 e. The van der Waals surface area contributed by atoms with Crippen molar-refractivity contribution in [2.45, 2.75) is 31.1 Å².